The van der Waals surface area contributed by atoms with Crippen LogP contribution in [0.4, 0.5) is 0 Å². The van der Waals surface area contributed by atoms with E-state index >= 15 is 0 Å². The van der Waals surface area contributed by atoms with Gasteiger partial charge in [-0.05, 0) is 35.6 Å². The summed E-state index contributed by atoms with van der Waals surface area (Å²) in [5.74, 6) is -1.29. The maximum atomic E-state index is 13.4. The molecule has 1 aliphatic rings. The molecular weight excluding hydrogens is 488 g/mol. The van der Waals surface area contributed by atoms with Crippen LogP contribution in [0.15, 0.2) is 48.7 Å². The molecule has 11 nitrogen and oxygen atoms in total. The number of hydrogen-bond acceptors (Lipinski definition) is 9. The molecule has 11 heteroatoms. The lowest BCUT2D eigenvalue weighted by atomic mass is 10.0. The average Bonchev–Trinajstić information content (AvgIpc) is 3.56. The van der Waals surface area contributed by atoms with Gasteiger partial charge in [0.15, 0.2) is 5.69 Å². The minimum Gasteiger partial charge on any atom is -0.464 e. The largest absolute Gasteiger partial charge is 0.464 e. The van der Waals surface area contributed by atoms with Crippen molar-refractivity contribution in [1.29, 1.82) is 0 Å². The predicted octanol–water partition coefficient (Wildman–Crippen LogP) is 2.50. The maximum Gasteiger partial charge on any atom is 0.361 e. The van der Waals surface area contributed by atoms with Gasteiger partial charge in [0.05, 0.1) is 38.5 Å². The normalized spacial score (nSPS) is 17.4. The van der Waals surface area contributed by atoms with E-state index in [9.17, 15) is 14.4 Å². The Balaban J connectivity index is 1.60. The Morgan fingerprint density at radius 1 is 1.05 bits per heavy atom. The van der Waals surface area contributed by atoms with Crippen LogP contribution in [-0.2, 0) is 27.4 Å². The summed E-state index contributed by atoms with van der Waals surface area (Å²) in [5.41, 5.74) is 2.72. The predicted molar refractivity (Wildman–Crippen MR) is 137 cm³/mol. The van der Waals surface area contributed by atoms with E-state index in [4.69, 9.17) is 9.47 Å². The number of ether oxygens (including phenoxy) is 2. The number of carbonyl (C=O) groups excluding carboxylic acids is 3. The van der Waals surface area contributed by atoms with Gasteiger partial charge in [-0.1, -0.05) is 49.4 Å². The number of esters is 2. The number of nitrogens with zero attached hydrogens (tertiary/aromatic N) is 5. The van der Waals surface area contributed by atoms with Crippen LogP contribution < -0.4 is 5.32 Å². The van der Waals surface area contributed by atoms with Gasteiger partial charge in [0, 0.05) is 19.3 Å². The van der Waals surface area contributed by atoms with E-state index in [1.165, 1.54) is 24.5 Å². The number of methoxy groups -OCH3 is 2. The van der Waals surface area contributed by atoms with Crippen LogP contribution >= 0.6 is 0 Å². The molecule has 2 aromatic heterocycles. The van der Waals surface area contributed by atoms with E-state index in [-0.39, 0.29) is 17.3 Å². The highest BCUT2D eigenvalue weighted by Gasteiger charge is 2.41. The van der Waals surface area contributed by atoms with Gasteiger partial charge in [-0.25, -0.2) is 14.3 Å². The summed E-state index contributed by atoms with van der Waals surface area (Å²) in [6, 6.07) is 12.9. The molecule has 3 aromatic rings. The standard InChI is InChI=1S/C27H32N6O5/c1-17(2)19-10-8-18(9-11-19)15-32-16-21(13-22(32)25(34)29-14-20-7-5-6-12-28-20)33-24(27(36)38-4)23(30-31-33)26(35)37-3/h5-12,17,21-22H,13-16H2,1-4H3,(H,29,34)/t21-,22-/m0/s1. The zero-order valence-corrected chi connectivity index (χ0v) is 22.0. The fraction of sp³-hybridized carbons (Fsp3) is 0.407. The van der Waals surface area contributed by atoms with Crippen LogP contribution in [-0.4, -0.2) is 69.5 Å². The summed E-state index contributed by atoms with van der Waals surface area (Å²) < 4.78 is 11.0. The quantitative estimate of drug-likeness (QED) is 0.423. The highest BCUT2D eigenvalue weighted by Crippen LogP contribution is 2.31. The van der Waals surface area contributed by atoms with Crippen LogP contribution in [0, 0.1) is 0 Å². The molecule has 0 bridgehead atoms. The Bertz CT molecular complexity index is 1270. The maximum absolute atomic E-state index is 13.4. The molecule has 1 aliphatic heterocycles. The van der Waals surface area contributed by atoms with Gasteiger partial charge in [0.25, 0.3) is 0 Å². The molecule has 0 spiro atoms. The Hall–Kier alpha value is -4.12. The molecule has 1 saturated heterocycles. The Labute approximate surface area is 221 Å². The number of carbonyl (C=O) groups is 3. The summed E-state index contributed by atoms with van der Waals surface area (Å²) in [7, 11) is 2.42. The van der Waals surface area contributed by atoms with Crippen LogP contribution in [0.25, 0.3) is 0 Å². The zero-order valence-electron chi connectivity index (χ0n) is 22.0. The Morgan fingerprint density at radius 3 is 2.42 bits per heavy atom. The number of hydrogen-bond donors (Lipinski definition) is 1. The molecule has 0 unspecified atom stereocenters. The lowest BCUT2D eigenvalue weighted by Gasteiger charge is -2.23. The number of pyridine rings is 1. The summed E-state index contributed by atoms with van der Waals surface area (Å²) >= 11 is 0. The van der Waals surface area contributed by atoms with Crippen LogP contribution in [0.2, 0.25) is 0 Å². The second-order valence-electron chi connectivity index (χ2n) is 9.48. The minimum atomic E-state index is -0.790. The lowest BCUT2D eigenvalue weighted by molar-refractivity contribution is -0.125. The monoisotopic (exact) mass is 520 g/mol. The average molecular weight is 521 g/mol. The molecule has 2 atom stereocenters. The van der Waals surface area contributed by atoms with Crippen molar-refractivity contribution in [2.24, 2.45) is 0 Å². The van der Waals surface area contributed by atoms with E-state index in [0.29, 0.717) is 32.0 Å². The fourth-order valence-corrected chi connectivity index (χ4v) is 4.61. The van der Waals surface area contributed by atoms with Crippen LogP contribution in [0.3, 0.4) is 0 Å². The first-order valence-electron chi connectivity index (χ1n) is 12.4. The Kier molecular flexibility index (Phi) is 8.47. The number of nitrogens with one attached hydrogen (secondary N) is 1. The molecule has 1 amide bonds. The SMILES string of the molecule is COC(=O)c1nnn([C@H]2C[C@@H](C(=O)NCc3ccccn3)N(Cc3ccc(C(C)C)cc3)C2)c1C(=O)OC. The molecule has 200 valence electrons. The van der Waals surface area contributed by atoms with Crippen molar-refractivity contribution in [3.05, 3.63) is 76.9 Å². The molecule has 0 saturated carbocycles. The highest BCUT2D eigenvalue weighted by molar-refractivity contribution is 6.00. The van der Waals surface area contributed by atoms with Crippen molar-refractivity contribution in [1.82, 2.24) is 30.2 Å². The summed E-state index contributed by atoms with van der Waals surface area (Å²) in [5, 5.41) is 11.0. The number of likely N-dealkylation sites (tertiary alicyclic amines) is 1. The van der Waals surface area contributed by atoms with E-state index in [1.54, 1.807) is 6.20 Å². The topological polar surface area (TPSA) is 129 Å². The summed E-state index contributed by atoms with van der Waals surface area (Å²) in [6.45, 7) is 5.49. The van der Waals surface area contributed by atoms with Crippen molar-refractivity contribution in [2.45, 2.75) is 51.4 Å². The van der Waals surface area contributed by atoms with Gasteiger partial charge < -0.3 is 14.8 Å². The van der Waals surface area contributed by atoms with Gasteiger partial charge in [-0.15, -0.1) is 5.10 Å². The van der Waals surface area contributed by atoms with Crippen molar-refractivity contribution >= 4 is 17.8 Å². The molecule has 1 fully saturated rings. The zero-order chi connectivity index (χ0) is 27.2. The molecule has 38 heavy (non-hydrogen) atoms. The third-order valence-electron chi connectivity index (χ3n) is 6.68. The first-order valence-corrected chi connectivity index (χ1v) is 12.4. The second kappa shape index (κ2) is 12.0. The van der Waals surface area contributed by atoms with Gasteiger partial charge in [-0.2, -0.15) is 0 Å². The van der Waals surface area contributed by atoms with Crippen molar-refractivity contribution in [3.63, 3.8) is 0 Å². The van der Waals surface area contributed by atoms with Gasteiger partial charge >= 0.3 is 11.9 Å². The van der Waals surface area contributed by atoms with Crippen molar-refractivity contribution in [2.75, 3.05) is 20.8 Å². The summed E-state index contributed by atoms with van der Waals surface area (Å²) in [4.78, 5) is 44.5. The molecule has 4 rings (SSSR count). The first kappa shape index (κ1) is 26.9. The second-order valence-corrected chi connectivity index (χ2v) is 9.48. The molecule has 3 heterocycles. The van der Waals surface area contributed by atoms with Crippen LogP contribution in [0.5, 0.6) is 0 Å². The lowest BCUT2D eigenvalue weighted by Crippen LogP contribution is -2.42. The van der Waals surface area contributed by atoms with Gasteiger partial charge in [0.2, 0.25) is 11.6 Å². The fourth-order valence-electron chi connectivity index (χ4n) is 4.61. The first-order chi connectivity index (χ1) is 18.3. The molecule has 1 aromatic carbocycles. The van der Waals surface area contributed by atoms with Crippen molar-refractivity contribution < 1.29 is 23.9 Å². The molecule has 0 aliphatic carbocycles. The third-order valence-corrected chi connectivity index (χ3v) is 6.68. The van der Waals surface area contributed by atoms with Crippen LogP contribution in [0.1, 0.15) is 70.0 Å². The highest BCUT2D eigenvalue weighted by atomic mass is 16.5. The number of rotatable bonds is 9. The third kappa shape index (κ3) is 5.88. The van der Waals surface area contributed by atoms with E-state index in [1.807, 2.05) is 23.1 Å². The molecule has 0 radical (unpaired) electrons. The number of benzene rings is 1. The van der Waals surface area contributed by atoms with Crippen molar-refractivity contribution in [3.8, 4) is 0 Å². The van der Waals surface area contributed by atoms with E-state index in [2.05, 4.69) is 58.7 Å². The minimum absolute atomic E-state index is 0.0971. The summed E-state index contributed by atoms with van der Waals surface area (Å²) in [6.07, 6.45) is 2.03. The van der Waals surface area contributed by atoms with Gasteiger partial charge in [-0.3, -0.25) is 14.7 Å². The van der Waals surface area contributed by atoms with E-state index in [0.717, 1.165) is 11.3 Å². The van der Waals surface area contributed by atoms with E-state index < -0.39 is 24.0 Å². The number of amides is 1. The molecular formula is C27H32N6O5. The number of aromatic nitrogens is 4. The van der Waals surface area contributed by atoms with Gasteiger partial charge in [0.1, 0.15) is 0 Å². The Morgan fingerprint density at radius 2 is 1.79 bits per heavy atom. The smallest absolute Gasteiger partial charge is 0.361 e. The molecule has 1 N–H and O–H groups in total.